The van der Waals surface area contributed by atoms with E-state index in [0.29, 0.717) is 39.7 Å². The monoisotopic (exact) mass is 432 g/mol. The van der Waals surface area contributed by atoms with Crippen LogP contribution in [0.1, 0.15) is 21.7 Å². The van der Waals surface area contributed by atoms with Gasteiger partial charge in [0, 0.05) is 17.0 Å². The van der Waals surface area contributed by atoms with Gasteiger partial charge in [-0.05, 0) is 36.4 Å². The largest absolute Gasteiger partial charge is 0.496 e. The van der Waals surface area contributed by atoms with Crippen molar-refractivity contribution in [2.24, 2.45) is 0 Å². The zero-order valence-electron chi connectivity index (χ0n) is 17.3. The summed E-state index contributed by atoms with van der Waals surface area (Å²) < 4.78 is 21.6. The molecule has 1 aliphatic rings. The fourth-order valence-electron chi connectivity index (χ4n) is 3.75. The molecule has 32 heavy (non-hydrogen) atoms. The number of nitrogens with one attached hydrogen (secondary N) is 1. The molecular formula is C24H20N2O6. The van der Waals surface area contributed by atoms with Crippen molar-refractivity contribution >= 4 is 16.8 Å². The molecule has 0 atom stereocenters. The number of amides is 1. The van der Waals surface area contributed by atoms with Gasteiger partial charge in [0.2, 0.25) is 6.79 Å². The first-order chi connectivity index (χ1) is 15.6. The van der Waals surface area contributed by atoms with E-state index in [9.17, 15) is 9.59 Å². The predicted octanol–water partition coefficient (Wildman–Crippen LogP) is 3.70. The van der Waals surface area contributed by atoms with Gasteiger partial charge in [0.05, 0.1) is 37.5 Å². The second-order valence-electron chi connectivity index (χ2n) is 7.36. The number of hydrogen-bond donors (Lipinski definition) is 1. The molecule has 8 heteroatoms. The number of para-hydroxylation sites is 1. The van der Waals surface area contributed by atoms with E-state index >= 15 is 0 Å². The Morgan fingerprint density at radius 2 is 1.88 bits per heavy atom. The standard InChI is InChI=1S/C24H20N2O6/c1-29-20-7-3-2-6-18(20)24(28)26(13-17-5-4-8-30-17)12-16-9-15-10-21-22(32-14-31-21)11-19(15)25-23(16)27/h2-11H,12-14H2,1H3,(H,25,27). The fraction of sp³-hybridized carbons (Fsp3) is 0.167. The van der Waals surface area contributed by atoms with Crippen LogP contribution in [0.3, 0.4) is 0 Å². The van der Waals surface area contributed by atoms with Gasteiger partial charge in [-0.2, -0.15) is 0 Å². The molecule has 1 amide bonds. The Balaban J connectivity index is 1.53. The smallest absolute Gasteiger partial charge is 0.258 e. The van der Waals surface area contributed by atoms with Gasteiger partial charge in [0.15, 0.2) is 11.5 Å². The Kier molecular flexibility index (Phi) is 5.03. The SMILES string of the molecule is COc1ccccc1C(=O)N(Cc1ccco1)Cc1cc2cc3c(cc2[nH]c1=O)OCO3. The number of fused-ring (bicyclic) bond motifs is 2. The number of hydrogen-bond acceptors (Lipinski definition) is 6. The number of pyridine rings is 1. The number of nitrogens with zero attached hydrogens (tertiary/aromatic N) is 1. The van der Waals surface area contributed by atoms with Gasteiger partial charge in [0.1, 0.15) is 11.5 Å². The quantitative estimate of drug-likeness (QED) is 0.499. The topological polar surface area (TPSA) is 94.0 Å². The second kappa shape index (κ2) is 8.14. The number of furan rings is 1. The lowest BCUT2D eigenvalue weighted by Gasteiger charge is -2.22. The minimum atomic E-state index is -0.284. The highest BCUT2D eigenvalue weighted by Crippen LogP contribution is 2.35. The highest BCUT2D eigenvalue weighted by molar-refractivity contribution is 5.97. The van der Waals surface area contributed by atoms with Crippen molar-refractivity contribution in [1.82, 2.24) is 9.88 Å². The molecule has 3 heterocycles. The molecule has 0 unspecified atom stereocenters. The van der Waals surface area contributed by atoms with E-state index in [1.807, 2.05) is 6.07 Å². The van der Waals surface area contributed by atoms with Crippen molar-refractivity contribution in [1.29, 1.82) is 0 Å². The van der Waals surface area contributed by atoms with E-state index in [1.54, 1.807) is 59.7 Å². The zero-order valence-corrected chi connectivity index (χ0v) is 17.3. The first-order valence-electron chi connectivity index (χ1n) is 10.0. The number of aromatic nitrogens is 1. The molecule has 2 aromatic carbocycles. The first-order valence-corrected chi connectivity index (χ1v) is 10.0. The molecule has 5 rings (SSSR count). The molecule has 8 nitrogen and oxygen atoms in total. The van der Waals surface area contributed by atoms with Crippen LogP contribution < -0.4 is 19.8 Å². The van der Waals surface area contributed by atoms with Crippen molar-refractivity contribution < 1.29 is 23.4 Å². The number of carbonyl (C=O) groups excluding carboxylic acids is 1. The summed E-state index contributed by atoms with van der Waals surface area (Å²) in [5.41, 5.74) is 1.19. The molecular weight excluding hydrogens is 412 g/mol. The number of carbonyl (C=O) groups is 1. The summed E-state index contributed by atoms with van der Waals surface area (Å²) in [6.45, 7) is 0.423. The summed E-state index contributed by atoms with van der Waals surface area (Å²) in [6.07, 6.45) is 1.55. The Morgan fingerprint density at radius 1 is 1.06 bits per heavy atom. The van der Waals surface area contributed by atoms with Crippen LogP contribution in [0.15, 0.2) is 70.1 Å². The molecule has 0 radical (unpaired) electrons. The van der Waals surface area contributed by atoms with Gasteiger partial charge in [-0.3, -0.25) is 9.59 Å². The van der Waals surface area contributed by atoms with Crippen LogP contribution in [-0.4, -0.2) is 29.7 Å². The minimum absolute atomic E-state index is 0.0807. The third-order valence-corrected chi connectivity index (χ3v) is 5.33. The first kappa shape index (κ1) is 19.7. The second-order valence-corrected chi connectivity index (χ2v) is 7.36. The van der Waals surface area contributed by atoms with Gasteiger partial charge < -0.3 is 28.5 Å². The number of ether oxygens (including phenoxy) is 3. The average molecular weight is 432 g/mol. The van der Waals surface area contributed by atoms with Crippen molar-refractivity contribution in [3.05, 3.63) is 88.1 Å². The van der Waals surface area contributed by atoms with Gasteiger partial charge in [-0.15, -0.1) is 0 Å². The Morgan fingerprint density at radius 3 is 2.66 bits per heavy atom. The highest BCUT2D eigenvalue weighted by atomic mass is 16.7. The van der Waals surface area contributed by atoms with Crippen LogP contribution in [0.4, 0.5) is 0 Å². The lowest BCUT2D eigenvalue weighted by Crippen LogP contribution is -2.32. The zero-order chi connectivity index (χ0) is 22.1. The molecule has 0 aliphatic carbocycles. The lowest BCUT2D eigenvalue weighted by atomic mass is 10.1. The third kappa shape index (κ3) is 3.66. The van der Waals surface area contributed by atoms with Crippen LogP contribution in [0, 0.1) is 0 Å². The maximum atomic E-state index is 13.4. The van der Waals surface area contributed by atoms with Crippen molar-refractivity contribution in [2.75, 3.05) is 13.9 Å². The van der Waals surface area contributed by atoms with Crippen LogP contribution in [0.2, 0.25) is 0 Å². The lowest BCUT2D eigenvalue weighted by molar-refractivity contribution is 0.0713. The molecule has 0 fully saturated rings. The number of aromatic amines is 1. The fourth-order valence-corrected chi connectivity index (χ4v) is 3.75. The summed E-state index contributed by atoms with van der Waals surface area (Å²) in [6, 6.07) is 15.9. The summed E-state index contributed by atoms with van der Waals surface area (Å²) in [5.74, 6) is 2.00. The maximum absolute atomic E-state index is 13.4. The van der Waals surface area contributed by atoms with E-state index in [1.165, 1.54) is 7.11 Å². The normalized spacial score (nSPS) is 12.2. The number of rotatable bonds is 6. The maximum Gasteiger partial charge on any atom is 0.258 e. The van der Waals surface area contributed by atoms with Crippen molar-refractivity contribution in [3.8, 4) is 17.2 Å². The average Bonchev–Trinajstić information content (AvgIpc) is 3.48. The molecule has 1 aliphatic heterocycles. The molecule has 0 saturated carbocycles. The summed E-state index contributed by atoms with van der Waals surface area (Å²) in [4.78, 5) is 30.7. The van der Waals surface area contributed by atoms with Crippen LogP contribution in [-0.2, 0) is 13.1 Å². The van der Waals surface area contributed by atoms with E-state index in [-0.39, 0.29) is 31.3 Å². The minimum Gasteiger partial charge on any atom is -0.496 e. The van der Waals surface area contributed by atoms with Crippen molar-refractivity contribution in [2.45, 2.75) is 13.1 Å². The van der Waals surface area contributed by atoms with Crippen LogP contribution in [0.25, 0.3) is 10.9 Å². The van der Waals surface area contributed by atoms with Gasteiger partial charge in [-0.25, -0.2) is 0 Å². The Hall–Kier alpha value is -4.20. The van der Waals surface area contributed by atoms with Crippen LogP contribution >= 0.6 is 0 Å². The molecule has 4 aromatic rings. The molecule has 0 saturated heterocycles. The van der Waals surface area contributed by atoms with E-state index in [0.717, 1.165) is 5.39 Å². The Bertz CT molecular complexity index is 1340. The number of benzene rings is 2. The Labute approximate surface area is 182 Å². The number of H-pyrrole nitrogens is 1. The molecule has 2 aromatic heterocycles. The predicted molar refractivity (Wildman–Crippen MR) is 116 cm³/mol. The number of methoxy groups -OCH3 is 1. The molecule has 0 bridgehead atoms. The summed E-state index contributed by atoms with van der Waals surface area (Å²) in [5, 5.41) is 0.784. The van der Waals surface area contributed by atoms with Gasteiger partial charge in [0.25, 0.3) is 11.5 Å². The molecule has 162 valence electrons. The summed E-state index contributed by atoms with van der Waals surface area (Å²) >= 11 is 0. The third-order valence-electron chi connectivity index (χ3n) is 5.33. The van der Waals surface area contributed by atoms with Crippen molar-refractivity contribution in [3.63, 3.8) is 0 Å². The van der Waals surface area contributed by atoms with Crippen LogP contribution in [0.5, 0.6) is 17.2 Å². The van der Waals surface area contributed by atoms with E-state index in [2.05, 4.69) is 4.98 Å². The molecule has 0 spiro atoms. The van der Waals surface area contributed by atoms with E-state index < -0.39 is 0 Å². The van der Waals surface area contributed by atoms with Gasteiger partial charge in [-0.1, -0.05) is 12.1 Å². The van der Waals surface area contributed by atoms with Gasteiger partial charge >= 0.3 is 0 Å². The highest BCUT2D eigenvalue weighted by Gasteiger charge is 2.23. The molecule has 1 N–H and O–H groups in total. The van der Waals surface area contributed by atoms with E-state index in [4.69, 9.17) is 18.6 Å². The summed E-state index contributed by atoms with van der Waals surface area (Å²) in [7, 11) is 1.52.